The quantitative estimate of drug-likeness (QED) is 0.428. The maximum Gasteiger partial charge on any atom is 0.269 e. The molecule has 3 rings (SSSR count). The molecule has 1 unspecified atom stereocenters. The number of aliphatic hydroxyl groups is 1. The largest absolute Gasteiger partial charge is 0.390 e. The topological polar surface area (TPSA) is 101 Å². The molecule has 0 saturated carbocycles. The van der Waals surface area contributed by atoms with Gasteiger partial charge in [-0.2, -0.15) is 0 Å². The van der Waals surface area contributed by atoms with Crippen molar-refractivity contribution in [1.82, 2.24) is 20.9 Å². The average Bonchev–Trinajstić information content (AvgIpc) is 2.71. The van der Waals surface area contributed by atoms with E-state index in [0.29, 0.717) is 12.4 Å². The number of nitrogens with zero attached hydrogens (tertiary/aromatic N) is 3. The highest BCUT2D eigenvalue weighted by Crippen LogP contribution is 2.18. The number of hydrogen-bond acceptors (Lipinski definition) is 7. The van der Waals surface area contributed by atoms with Crippen molar-refractivity contribution in [3.05, 3.63) is 47.3 Å². The third-order valence-electron chi connectivity index (χ3n) is 5.23. The van der Waals surface area contributed by atoms with E-state index in [-0.39, 0.29) is 24.2 Å². The average molecular weight is 399 g/mol. The minimum absolute atomic E-state index is 0.167. The van der Waals surface area contributed by atoms with Crippen molar-refractivity contribution < 1.29 is 9.90 Å². The molecule has 1 saturated heterocycles. The maximum atomic E-state index is 12.4. The molecule has 1 fully saturated rings. The van der Waals surface area contributed by atoms with Gasteiger partial charge in [0.15, 0.2) is 0 Å². The van der Waals surface area contributed by atoms with Crippen LogP contribution in [0.3, 0.4) is 0 Å². The monoisotopic (exact) mass is 398 g/mol. The van der Waals surface area contributed by atoms with Crippen molar-refractivity contribution in [3.8, 4) is 0 Å². The summed E-state index contributed by atoms with van der Waals surface area (Å²) in [5.41, 5.74) is 2.92. The third-order valence-corrected chi connectivity index (χ3v) is 5.23. The Morgan fingerprint density at radius 3 is 2.83 bits per heavy atom. The molecule has 8 heteroatoms. The first-order valence-corrected chi connectivity index (χ1v) is 9.97. The number of nitrogens with one attached hydrogen (secondary N) is 3. The van der Waals surface area contributed by atoms with Crippen molar-refractivity contribution in [2.24, 2.45) is 9.98 Å². The van der Waals surface area contributed by atoms with E-state index in [1.807, 2.05) is 6.07 Å². The Morgan fingerprint density at radius 2 is 2.17 bits per heavy atom. The Morgan fingerprint density at radius 1 is 1.41 bits per heavy atom. The standard InChI is InChI=1S/C21H30N6O2/c1-22-19(9-20(23-2)26-17-10-24-11-17)21(29)25-12-18(28)14-27-8-7-15-5-3-4-6-16(15)13-27/h3-6,9,17-18,24,26,28H,2,7-8,10-14H2,1H3,(H,25,29)/b20-9+,22-19+. The van der Waals surface area contributed by atoms with Gasteiger partial charge in [0, 0.05) is 52.4 Å². The number of rotatable bonds is 9. The van der Waals surface area contributed by atoms with Gasteiger partial charge in [0.25, 0.3) is 5.91 Å². The molecule has 156 valence electrons. The minimum Gasteiger partial charge on any atom is -0.390 e. The van der Waals surface area contributed by atoms with Crippen LogP contribution >= 0.6 is 0 Å². The molecule has 1 atom stereocenters. The molecular weight excluding hydrogens is 368 g/mol. The maximum absolute atomic E-state index is 12.4. The molecule has 8 nitrogen and oxygen atoms in total. The van der Waals surface area contributed by atoms with Gasteiger partial charge in [-0.05, 0) is 24.3 Å². The highest BCUT2D eigenvalue weighted by Gasteiger charge is 2.20. The van der Waals surface area contributed by atoms with E-state index in [1.165, 1.54) is 11.1 Å². The lowest BCUT2D eigenvalue weighted by Gasteiger charge is -2.30. The summed E-state index contributed by atoms with van der Waals surface area (Å²) in [5.74, 6) is 0.171. The first kappa shape index (κ1) is 21.2. The summed E-state index contributed by atoms with van der Waals surface area (Å²) in [4.78, 5) is 22.6. The van der Waals surface area contributed by atoms with Gasteiger partial charge >= 0.3 is 0 Å². The van der Waals surface area contributed by atoms with Crippen LogP contribution in [0.5, 0.6) is 0 Å². The minimum atomic E-state index is -0.650. The second-order valence-electron chi connectivity index (χ2n) is 7.41. The SMILES string of the molecule is C=N/C(=C\C(=N/C)C(=O)NCC(O)CN1CCc2ccccc2C1)NC1CNC1. The number of β-amino-alcohol motifs (C(OH)–C–C–N with tert-alkyl or cyclic N) is 1. The van der Waals surface area contributed by atoms with Crippen LogP contribution in [0.15, 0.2) is 46.1 Å². The van der Waals surface area contributed by atoms with Crippen molar-refractivity contribution in [1.29, 1.82) is 0 Å². The number of carbonyl (C=O) groups is 1. The molecule has 0 aliphatic carbocycles. The predicted molar refractivity (Wildman–Crippen MR) is 115 cm³/mol. The predicted octanol–water partition coefficient (Wildman–Crippen LogP) is -0.304. The van der Waals surface area contributed by atoms with Crippen molar-refractivity contribution in [2.45, 2.75) is 25.1 Å². The molecule has 1 aromatic rings. The Kier molecular flexibility index (Phi) is 7.51. The van der Waals surface area contributed by atoms with Gasteiger partial charge in [0.1, 0.15) is 11.5 Å². The lowest BCUT2D eigenvalue weighted by atomic mass is 10.00. The summed E-state index contributed by atoms with van der Waals surface area (Å²) in [6, 6.07) is 8.67. The number of benzene rings is 1. The molecule has 29 heavy (non-hydrogen) atoms. The molecule has 0 bridgehead atoms. The van der Waals surface area contributed by atoms with Gasteiger partial charge in [-0.1, -0.05) is 24.3 Å². The van der Waals surface area contributed by atoms with Crippen LogP contribution in [0.2, 0.25) is 0 Å². The van der Waals surface area contributed by atoms with Crippen LogP contribution in [0.4, 0.5) is 0 Å². The second kappa shape index (κ2) is 10.3. The lowest BCUT2D eigenvalue weighted by molar-refractivity contribution is -0.115. The number of aliphatic imine (C=N–C) groups is 2. The van der Waals surface area contributed by atoms with Gasteiger partial charge < -0.3 is 21.1 Å². The molecule has 0 spiro atoms. The number of carbonyl (C=O) groups excluding carboxylic acids is 1. The summed E-state index contributed by atoms with van der Waals surface area (Å²) in [6.45, 7) is 7.65. The Labute approximate surface area is 171 Å². The third kappa shape index (κ3) is 5.96. The molecular formula is C21H30N6O2. The summed E-state index contributed by atoms with van der Waals surface area (Å²) in [6.07, 6.45) is 1.91. The number of amides is 1. The van der Waals surface area contributed by atoms with Gasteiger partial charge in [-0.25, -0.2) is 4.99 Å². The van der Waals surface area contributed by atoms with Gasteiger partial charge in [-0.3, -0.25) is 14.7 Å². The molecule has 2 heterocycles. The zero-order valence-electron chi connectivity index (χ0n) is 16.9. The number of aliphatic hydroxyl groups excluding tert-OH is 1. The smallest absolute Gasteiger partial charge is 0.269 e. The number of fused-ring (bicyclic) bond motifs is 1. The normalized spacial score (nSPS) is 19.1. The van der Waals surface area contributed by atoms with Crippen molar-refractivity contribution in [2.75, 3.05) is 39.8 Å². The first-order chi connectivity index (χ1) is 14.1. The molecule has 2 aliphatic heterocycles. The summed E-state index contributed by atoms with van der Waals surface area (Å²) in [7, 11) is 1.55. The van der Waals surface area contributed by atoms with E-state index in [2.05, 4.69) is 55.8 Å². The zero-order valence-corrected chi connectivity index (χ0v) is 16.9. The van der Waals surface area contributed by atoms with E-state index in [1.54, 1.807) is 13.1 Å². The molecule has 0 aromatic heterocycles. The lowest BCUT2D eigenvalue weighted by Crippen LogP contribution is -2.54. The highest BCUT2D eigenvalue weighted by atomic mass is 16.3. The van der Waals surface area contributed by atoms with E-state index in [0.717, 1.165) is 32.6 Å². The highest BCUT2D eigenvalue weighted by molar-refractivity contribution is 6.43. The van der Waals surface area contributed by atoms with Gasteiger partial charge in [0.05, 0.1) is 12.1 Å². The number of hydrogen-bond donors (Lipinski definition) is 4. The van der Waals surface area contributed by atoms with E-state index >= 15 is 0 Å². The molecule has 4 N–H and O–H groups in total. The fraction of sp³-hybridized carbons (Fsp3) is 0.476. The summed E-state index contributed by atoms with van der Waals surface area (Å²) >= 11 is 0. The van der Waals surface area contributed by atoms with Crippen LogP contribution < -0.4 is 16.0 Å². The molecule has 1 amide bonds. The summed E-state index contributed by atoms with van der Waals surface area (Å²) in [5, 5.41) is 19.5. The molecule has 1 aromatic carbocycles. The van der Waals surface area contributed by atoms with E-state index in [4.69, 9.17) is 0 Å². The molecule has 2 aliphatic rings. The molecule has 0 radical (unpaired) electrons. The Bertz CT molecular complexity index is 787. The fourth-order valence-corrected chi connectivity index (χ4v) is 3.47. The van der Waals surface area contributed by atoms with Crippen LogP contribution in [-0.4, -0.2) is 80.3 Å². The van der Waals surface area contributed by atoms with Crippen LogP contribution in [-0.2, 0) is 17.8 Å². The van der Waals surface area contributed by atoms with E-state index in [9.17, 15) is 9.90 Å². The first-order valence-electron chi connectivity index (χ1n) is 9.97. The second-order valence-corrected chi connectivity index (χ2v) is 7.41. The summed E-state index contributed by atoms with van der Waals surface area (Å²) < 4.78 is 0. The fourth-order valence-electron chi connectivity index (χ4n) is 3.47. The zero-order chi connectivity index (χ0) is 20.6. The van der Waals surface area contributed by atoms with Crippen LogP contribution in [0, 0.1) is 0 Å². The van der Waals surface area contributed by atoms with Crippen LogP contribution in [0.25, 0.3) is 0 Å². The van der Waals surface area contributed by atoms with Gasteiger partial charge in [0.2, 0.25) is 0 Å². The Hall–Kier alpha value is -2.55. The van der Waals surface area contributed by atoms with Gasteiger partial charge in [-0.15, -0.1) is 0 Å². The van der Waals surface area contributed by atoms with Crippen molar-refractivity contribution >= 4 is 18.3 Å². The van der Waals surface area contributed by atoms with E-state index < -0.39 is 6.10 Å². The Balaban J connectivity index is 1.46. The van der Waals surface area contributed by atoms with Crippen LogP contribution in [0.1, 0.15) is 11.1 Å². The van der Waals surface area contributed by atoms with Crippen molar-refractivity contribution in [3.63, 3.8) is 0 Å².